The van der Waals surface area contributed by atoms with E-state index < -0.39 is 48.3 Å². The number of quaternary nitrogens is 1. The number of carboxylic acid groups (broad SMARTS) is 4. The monoisotopic (exact) mass is 370 g/mol. The predicted octanol–water partition coefficient (Wildman–Crippen LogP) is -9.21. The number of aliphatic hydroxyl groups is 4. The SMILES string of the molecule is O=C([O-])C(O)C(O)C(=O)[O-].O=C([O-])C(O)C(O)C(=O)[O-].[Fe+3].[NH4+]. The van der Waals surface area contributed by atoms with Gasteiger partial charge in [0, 0.05) is 0 Å². The summed E-state index contributed by atoms with van der Waals surface area (Å²) in [5, 5.41) is 71.5. The number of carbonyl (C=O) groups is 4. The van der Waals surface area contributed by atoms with E-state index in [9.17, 15) is 39.6 Å². The fourth-order valence-corrected chi connectivity index (χ4v) is 0.516. The summed E-state index contributed by atoms with van der Waals surface area (Å²) < 4.78 is 0. The van der Waals surface area contributed by atoms with Crippen LogP contribution < -0.4 is 26.6 Å². The van der Waals surface area contributed by atoms with Gasteiger partial charge in [0.15, 0.2) is 0 Å². The number of aliphatic carboxylic acids is 4. The fraction of sp³-hybridized carbons (Fsp3) is 0.500. The average molecular weight is 370 g/mol. The Morgan fingerprint density at radius 3 is 0.682 bits per heavy atom. The maximum absolute atomic E-state index is 9.63. The smallest absolute Gasteiger partial charge is 0.547 e. The summed E-state index contributed by atoms with van der Waals surface area (Å²) in [6.07, 6.45) is -9.76. The van der Waals surface area contributed by atoms with E-state index in [1.807, 2.05) is 0 Å². The second-order valence-electron chi connectivity index (χ2n) is 3.06. The van der Waals surface area contributed by atoms with Crippen molar-refractivity contribution >= 4 is 23.9 Å². The summed E-state index contributed by atoms with van der Waals surface area (Å²) in [5.41, 5.74) is 0. The molecule has 0 aromatic heterocycles. The zero-order valence-electron chi connectivity index (χ0n) is 10.7. The molecule has 0 bridgehead atoms. The molecule has 0 amide bonds. The molecule has 129 valence electrons. The van der Waals surface area contributed by atoms with Gasteiger partial charge in [-0.2, -0.15) is 0 Å². The first-order chi connectivity index (χ1) is 8.93. The first kappa shape index (κ1) is 28.4. The molecule has 0 aliphatic heterocycles. The summed E-state index contributed by atoms with van der Waals surface area (Å²) in [4.78, 5) is 38.5. The molecule has 0 fully saturated rings. The third-order valence-electron chi connectivity index (χ3n) is 1.56. The summed E-state index contributed by atoms with van der Waals surface area (Å²) in [7, 11) is 0. The van der Waals surface area contributed by atoms with E-state index >= 15 is 0 Å². The van der Waals surface area contributed by atoms with Gasteiger partial charge < -0.3 is 66.2 Å². The Morgan fingerprint density at radius 2 is 0.636 bits per heavy atom. The number of hydrogen-bond acceptors (Lipinski definition) is 12. The van der Waals surface area contributed by atoms with E-state index in [1.54, 1.807) is 0 Å². The molecule has 8 N–H and O–H groups in total. The molecule has 14 heteroatoms. The quantitative estimate of drug-likeness (QED) is 0.272. The van der Waals surface area contributed by atoms with Gasteiger partial charge >= 0.3 is 17.1 Å². The minimum absolute atomic E-state index is 0. The normalized spacial score (nSPS) is 14.4. The summed E-state index contributed by atoms with van der Waals surface area (Å²) in [6.45, 7) is 0. The van der Waals surface area contributed by atoms with Crippen molar-refractivity contribution in [2.75, 3.05) is 0 Å². The molecule has 0 saturated carbocycles. The molecule has 22 heavy (non-hydrogen) atoms. The van der Waals surface area contributed by atoms with Crippen molar-refractivity contribution in [3.05, 3.63) is 0 Å². The number of carboxylic acids is 4. The first-order valence-electron chi connectivity index (χ1n) is 4.49. The molecule has 0 heterocycles. The number of rotatable bonds is 6. The largest absolute Gasteiger partial charge is 3.00 e. The Balaban J connectivity index is -0.000000135. The van der Waals surface area contributed by atoms with Crippen LogP contribution in [0.1, 0.15) is 0 Å². The van der Waals surface area contributed by atoms with Crippen molar-refractivity contribution in [1.29, 1.82) is 0 Å². The van der Waals surface area contributed by atoms with E-state index in [2.05, 4.69) is 0 Å². The Kier molecular flexibility index (Phi) is 16.6. The molecule has 1 radical (unpaired) electrons. The van der Waals surface area contributed by atoms with Crippen LogP contribution in [0.5, 0.6) is 0 Å². The Morgan fingerprint density at radius 1 is 0.545 bits per heavy atom. The van der Waals surface area contributed by atoms with Crippen LogP contribution in [0.2, 0.25) is 0 Å². The number of carbonyl (C=O) groups excluding carboxylic acids is 4. The zero-order valence-corrected chi connectivity index (χ0v) is 11.8. The molecular formula is C8H12FeNO12. The third kappa shape index (κ3) is 10.9. The second-order valence-corrected chi connectivity index (χ2v) is 3.06. The minimum Gasteiger partial charge on any atom is -0.547 e. The van der Waals surface area contributed by atoms with Crippen LogP contribution in [0.15, 0.2) is 0 Å². The van der Waals surface area contributed by atoms with Crippen molar-refractivity contribution in [1.82, 2.24) is 6.15 Å². The number of hydrogen-bond donors (Lipinski definition) is 5. The fourth-order valence-electron chi connectivity index (χ4n) is 0.516. The van der Waals surface area contributed by atoms with Gasteiger partial charge in [0.25, 0.3) is 0 Å². The molecule has 4 unspecified atom stereocenters. The van der Waals surface area contributed by atoms with Crippen molar-refractivity contribution < 1.29 is 77.1 Å². The first-order valence-corrected chi connectivity index (χ1v) is 4.49. The molecule has 13 nitrogen and oxygen atoms in total. The molecule has 4 atom stereocenters. The average Bonchev–Trinajstić information content (AvgIpc) is 2.35. The third-order valence-corrected chi connectivity index (χ3v) is 1.56. The molecular weight excluding hydrogens is 358 g/mol. The molecule has 0 aromatic rings. The van der Waals surface area contributed by atoms with E-state index in [1.165, 1.54) is 0 Å². The predicted molar refractivity (Wildman–Crippen MR) is 50.0 cm³/mol. The molecule has 0 saturated heterocycles. The Bertz CT molecular complexity index is 315. The molecule has 0 aromatic carbocycles. The topological polar surface area (TPSA) is 278 Å². The van der Waals surface area contributed by atoms with E-state index in [4.69, 9.17) is 20.4 Å². The van der Waals surface area contributed by atoms with Crippen LogP contribution in [-0.4, -0.2) is 68.7 Å². The van der Waals surface area contributed by atoms with Crippen LogP contribution >= 0.6 is 0 Å². The van der Waals surface area contributed by atoms with Crippen molar-refractivity contribution in [3.8, 4) is 0 Å². The van der Waals surface area contributed by atoms with Gasteiger partial charge in [0.05, 0.1) is 23.9 Å². The standard InChI is InChI=1S/2C4H6O6.Fe.H3N/c2*5-1(3(7)8)2(6)4(9)10;;/h2*1-2,5-6H,(H,7,8)(H,9,10);;1H3/q;;+3;/p-3. The van der Waals surface area contributed by atoms with Crippen LogP contribution in [0.25, 0.3) is 0 Å². The summed E-state index contributed by atoms with van der Waals surface area (Å²) in [6, 6.07) is 0. The maximum atomic E-state index is 9.63. The maximum Gasteiger partial charge on any atom is 3.00 e. The van der Waals surface area contributed by atoms with Crippen molar-refractivity contribution in [2.24, 2.45) is 0 Å². The second kappa shape index (κ2) is 12.9. The van der Waals surface area contributed by atoms with E-state index in [0.717, 1.165) is 0 Å². The number of aliphatic hydroxyl groups excluding tert-OH is 4. The van der Waals surface area contributed by atoms with Gasteiger partial charge in [0.1, 0.15) is 24.4 Å². The Hall–Kier alpha value is -1.80. The van der Waals surface area contributed by atoms with Crippen molar-refractivity contribution in [2.45, 2.75) is 24.4 Å². The van der Waals surface area contributed by atoms with Crippen molar-refractivity contribution in [3.63, 3.8) is 0 Å². The summed E-state index contributed by atoms with van der Waals surface area (Å²) in [5.74, 6) is -8.23. The van der Waals surface area contributed by atoms with Gasteiger partial charge in [-0.25, -0.2) is 0 Å². The summed E-state index contributed by atoms with van der Waals surface area (Å²) >= 11 is 0. The molecule has 0 aliphatic carbocycles. The Labute approximate surface area is 132 Å². The van der Waals surface area contributed by atoms with Gasteiger partial charge in [-0.05, 0) is 0 Å². The van der Waals surface area contributed by atoms with E-state index in [0.29, 0.717) is 0 Å². The van der Waals surface area contributed by atoms with Crippen LogP contribution in [0.4, 0.5) is 0 Å². The van der Waals surface area contributed by atoms with Gasteiger partial charge in [-0.1, -0.05) is 0 Å². The van der Waals surface area contributed by atoms with Gasteiger partial charge in [-0.3, -0.25) is 0 Å². The van der Waals surface area contributed by atoms with E-state index in [-0.39, 0.29) is 23.2 Å². The van der Waals surface area contributed by atoms with Gasteiger partial charge in [-0.15, -0.1) is 0 Å². The van der Waals surface area contributed by atoms with Crippen LogP contribution in [-0.2, 0) is 36.2 Å². The van der Waals surface area contributed by atoms with Crippen LogP contribution in [0, 0.1) is 0 Å². The molecule has 0 rings (SSSR count). The van der Waals surface area contributed by atoms with Crippen LogP contribution in [0.3, 0.4) is 0 Å². The molecule has 0 spiro atoms. The minimum atomic E-state index is -2.44. The van der Waals surface area contributed by atoms with Gasteiger partial charge in [0.2, 0.25) is 0 Å². The zero-order chi connectivity index (χ0) is 16.6. The molecule has 0 aliphatic rings.